The van der Waals surface area contributed by atoms with E-state index in [2.05, 4.69) is 9.89 Å². The van der Waals surface area contributed by atoms with E-state index in [-0.39, 0.29) is 0 Å². The van der Waals surface area contributed by atoms with Gasteiger partial charge in [-0.3, -0.25) is 0 Å². The van der Waals surface area contributed by atoms with Crippen LogP contribution < -0.4 is 0 Å². The molecule has 0 saturated heterocycles. The van der Waals surface area contributed by atoms with Crippen molar-refractivity contribution in [3.63, 3.8) is 0 Å². The highest BCUT2D eigenvalue weighted by molar-refractivity contribution is 5.78. The molecule has 0 aliphatic heterocycles. The molecule has 1 N–H and O–H groups in total. The second kappa shape index (κ2) is 7.75. The number of hydrogen-bond acceptors (Lipinski definition) is 3. The van der Waals surface area contributed by atoms with Gasteiger partial charge in [0.25, 0.3) is 0 Å². The summed E-state index contributed by atoms with van der Waals surface area (Å²) in [7, 11) is 3.25. The van der Waals surface area contributed by atoms with Crippen LogP contribution >= 0.6 is 0 Å². The molecule has 1 aromatic carbocycles. The van der Waals surface area contributed by atoms with Gasteiger partial charge in [-0.2, -0.15) is 0 Å². The summed E-state index contributed by atoms with van der Waals surface area (Å²) >= 11 is 0. The van der Waals surface area contributed by atoms with Gasteiger partial charge in [-0.15, -0.1) is 0 Å². The predicted molar refractivity (Wildman–Crippen MR) is 48.8 cm³/mol. The molecule has 1 aromatic rings. The highest BCUT2D eigenvalue weighted by Crippen LogP contribution is 1.92. The first-order valence-corrected chi connectivity index (χ1v) is 3.47. The van der Waals surface area contributed by atoms with Crippen LogP contribution in [-0.2, 0) is 4.74 Å². The Balaban J connectivity index is 0.000000354. The molecule has 12 heavy (non-hydrogen) atoms. The molecule has 0 atom stereocenters. The SMILES string of the molecule is COC.O/N=C\c1ccccc1. The summed E-state index contributed by atoms with van der Waals surface area (Å²) < 4.78 is 4.25. The topological polar surface area (TPSA) is 41.8 Å². The van der Waals surface area contributed by atoms with Gasteiger partial charge in [0.1, 0.15) is 0 Å². The molecule has 0 aliphatic carbocycles. The minimum absolute atomic E-state index is 0.903. The van der Waals surface area contributed by atoms with E-state index >= 15 is 0 Å². The van der Waals surface area contributed by atoms with Crippen molar-refractivity contribution >= 4 is 6.21 Å². The number of methoxy groups -OCH3 is 1. The molecular weight excluding hydrogens is 154 g/mol. The van der Waals surface area contributed by atoms with Crippen LogP contribution in [0.4, 0.5) is 0 Å². The largest absolute Gasteiger partial charge is 0.411 e. The Labute approximate surface area is 72.3 Å². The lowest BCUT2D eigenvalue weighted by atomic mass is 10.2. The van der Waals surface area contributed by atoms with E-state index in [1.165, 1.54) is 6.21 Å². The number of rotatable bonds is 1. The smallest absolute Gasteiger partial charge is 0.0733 e. The van der Waals surface area contributed by atoms with Crippen molar-refractivity contribution in [3.8, 4) is 0 Å². The van der Waals surface area contributed by atoms with E-state index in [1.54, 1.807) is 14.2 Å². The van der Waals surface area contributed by atoms with Gasteiger partial charge in [0.2, 0.25) is 0 Å². The summed E-state index contributed by atoms with van der Waals surface area (Å²) in [5.74, 6) is 0. The maximum atomic E-state index is 8.09. The van der Waals surface area contributed by atoms with E-state index in [9.17, 15) is 0 Å². The predicted octanol–water partition coefficient (Wildman–Crippen LogP) is 1.76. The Kier molecular flexibility index (Phi) is 6.88. The summed E-state index contributed by atoms with van der Waals surface area (Å²) in [6.07, 6.45) is 1.39. The molecule has 0 aromatic heterocycles. The average Bonchev–Trinajstić information content (AvgIpc) is 2.08. The van der Waals surface area contributed by atoms with E-state index in [0.29, 0.717) is 0 Å². The lowest BCUT2D eigenvalue weighted by Gasteiger charge is -1.85. The summed E-state index contributed by atoms with van der Waals surface area (Å²) in [6.45, 7) is 0. The van der Waals surface area contributed by atoms with Gasteiger partial charge in [-0.25, -0.2) is 0 Å². The summed E-state index contributed by atoms with van der Waals surface area (Å²) in [5, 5.41) is 11.0. The van der Waals surface area contributed by atoms with Crippen LogP contribution in [0.1, 0.15) is 5.56 Å². The second-order valence-corrected chi connectivity index (χ2v) is 2.06. The molecule has 0 saturated carbocycles. The van der Waals surface area contributed by atoms with Crippen LogP contribution in [0.2, 0.25) is 0 Å². The Morgan fingerprint density at radius 2 is 1.75 bits per heavy atom. The molecule has 3 heteroatoms. The highest BCUT2D eigenvalue weighted by Gasteiger charge is 1.79. The van der Waals surface area contributed by atoms with Gasteiger partial charge >= 0.3 is 0 Å². The zero-order valence-electron chi connectivity index (χ0n) is 7.27. The maximum Gasteiger partial charge on any atom is 0.0733 e. The fraction of sp³-hybridized carbons (Fsp3) is 0.222. The zero-order chi connectivity index (χ0) is 9.23. The second-order valence-electron chi connectivity index (χ2n) is 2.06. The van der Waals surface area contributed by atoms with Gasteiger partial charge in [-0.1, -0.05) is 35.5 Å². The monoisotopic (exact) mass is 167 g/mol. The van der Waals surface area contributed by atoms with E-state index in [1.807, 2.05) is 30.3 Å². The van der Waals surface area contributed by atoms with Crippen molar-refractivity contribution < 1.29 is 9.94 Å². The van der Waals surface area contributed by atoms with Crippen molar-refractivity contribution in [3.05, 3.63) is 35.9 Å². The summed E-state index contributed by atoms with van der Waals surface area (Å²) in [4.78, 5) is 0. The Morgan fingerprint density at radius 1 is 1.25 bits per heavy atom. The molecule has 0 heterocycles. The van der Waals surface area contributed by atoms with Gasteiger partial charge in [0, 0.05) is 14.2 Å². The van der Waals surface area contributed by atoms with Gasteiger partial charge < -0.3 is 9.94 Å². The Hall–Kier alpha value is -1.35. The average molecular weight is 167 g/mol. The molecule has 0 spiro atoms. The highest BCUT2D eigenvalue weighted by atomic mass is 16.4. The van der Waals surface area contributed by atoms with Gasteiger partial charge in [0.05, 0.1) is 6.21 Å². The van der Waals surface area contributed by atoms with Crippen molar-refractivity contribution in [1.29, 1.82) is 0 Å². The molecule has 3 nitrogen and oxygen atoms in total. The van der Waals surface area contributed by atoms with Crippen LogP contribution in [0, 0.1) is 0 Å². The van der Waals surface area contributed by atoms with Gasteiger partial charge in [0.15, 0.2) is 0 Å². The van der Waals surface area contributed by atoms with Crippen molar-refractivity contribution in [2.45, 2.75) is 0 Å². The molecule has 0 amide bonds. The molecule has 0 aliphatic rings. The van der Waals surface area contributed by atoms with E-state index in [4.69, 9.17) is 5.21 Å². The molecule has 1 rings (SSSR count). The summed E-state index contributed by atoms with van der Waals surface area (Å²) in [5.41, 5.74) is 0.903. The molecule has 0 unspecified atom stereocenters. The third-order valence-corrected chi connectivity index (χ3v) is 1.01. The van der Waals surface area contributed by atoms with Crippen molar-refractivity contribution in [2.75, 3.05) is 14.2 Å². The number of benzene rings is 1. The normalized spacial score (nSPS) is 9.17. The van der Waals surface area contributed by atoms with E-state index in [0.717, 1.165) is 5.56 Å². The third-order valence-electron chi connectivity index (χ3n) is 1.01. The first-order valence-electron chi connectivity index (χ1n) is 3.47. The first kappa shape index (κ1) is 10.7. The van der Waals surface area contributed by atoms with Crippen molar-refractivity contribution in [2.24, 2.45) is 5.16 Å². The molecule has 0 bridgehead atoms. The Bertz CT molecular complexity index is 209. The summed E-state index contributed by atoms with van der Waals surface area (Å²) in [6, 6.07) is 9.40. The zero-order valence-corrected chi connectivity index (χ0v) is 7.27. The van der Waals surface area contributed by atoms with Crippen LogP contribution in [0.5, 0.6) is 0 Å². The van der Waals surface area contributed by atoms with Crippen LogP contribution in [0.15, 0.2) is 35.5 Å². The molecule has 0 radical (unpaired) electrons. The minimum Gasteiger partial charge on any atom is -0.411 e. The number of ether oxygens (including phenoxy) is 1. The van der Waals surface area contributed by atoms with Crippen LogP contribution in [0.3, 0.4) is 0 Å². The molecule has 66 valence electrons. The maximum absolute atomic E-state index is 8.09. The molecule has 0 fully saturated rings. The number of oxime groups is 1. The lowest BCUT2D eigenvalue weighted by molar-refractivity contribution is 0.277. The van der Waals surface area contributed by atoms with Crippen LogP contribution in [0.25, 0.3) is 0 Å². The first-order chi connectivity index (χ1) is 5.85. The number of nitrogens with zero attached hydrogens (tertiary/aromatic N) is 1. The van der Waals surface area contributed by atoms with Crippen LogP contribution in [-0.4, -0.2) is 25.6 Å². The standard InChI is InChI=1S/C7H7NO.C2H6O/c9-8-6-7-4-2-1-3-5-7;1-3-2/h1-6,9H;1-2H3/b8-6-;. The lowest BCUT2D eigenvalue weighted by Crippen LogP contribution is -1.76. The fourth-order valence-electron chi connectivity index (χ4n) is 0.606. The third kappa shape index (κ3) is 5.44. The Morgan fingerprint density at radius 3 is 2.17 bits per heavy atom. The molecular formula is C9H13NO2. The minimum atomic E-state index is 0.903. The quantitative estimate of drug-likeness (QED) is 0.393. The van der Waals surface area contributed by atoms with Gasteiger partial charge in [-0.05, 0) is 5.56 Å². The number of hydrogen-bond donors (Lipinski definition) is 1. The fourth-order valence-corrected chi connectivity index (χ4v) is 0.606. The van der Waals surface area contributed by atoms with Crippen molar-refractivity contribution in [1.82, 2.24) is 0 Å². The van der Waals surface area contributed by atoms with E-state index < -0.39 is 0 Å².